The molecule has 0 bridgehead atoms. The van der Waals surface area contributed by atoms with Gasteiger partial charge in [0.1, 0.15) is 11.9 Å². The van der Waals surface area contributed by atoms with E-state index in [0.29, 0.717) is 29.2 Å². The van der Waals surface area contributed by atoms with Gasteiger partial charge in [-0.3, -0.25) is 4.79 Å². The van der Waals surface area contributed by atoms with Crippen molar-refractivity contribution in [3.05, 3.63) is 42.0 Å². The minimum Gasteiger partial charge on any atom is -0.497 e. The largest absolute Gasteiger partial charge is 0.497 e. The Morgan fingerprint density at radius 3 is 2.82 bits per heavy atom. The fourth-order valence-corrected chi connectivity index (χ4v) is 4.98. The number of nitrogens with zero attached hydrogens (tertiary/aromatic N) is 4. The standard InChI is InChI=1S/C23H24N6O4/c1-24-20-16-21(28-15(27-20)8-7-12-5-4-6-13(9-12)33-3)29(11-26-16)17-14-10-23(14,22(32)25-2)19(31)18(17)30/h4-6,9,11,14,17-19,30-31H,10H2,1-3H3,(H,25,32)(H,24,27,28). The van der Waals surface area contributed by atoms with Crippen molar-refractivity contribution in [1.82, 2.24) is 24.8 Å². The van der Waals surface area contributed by atoms with Crippen LogP contribution in [0.15, 0.2) is 30.6 Å². The van der Waals surface area contributed by atoms with Gasteiger partial charge in [-0.25, -0.2) is 15.0 Å². The number of benzene rings is 1. The molecule has 3 aromatic rings. The number of nitrogens with one attached hydrogen (secondary N) is 2. The van der Waals surface area contributed by atoms with Crippen molar-refractivity contribution in [3.63, 3.8) is 0 Å². The van der Waals surface area contributed by atoms with Crippen LogP contribution in [0.4, 0.5) is 5.82 Å². The molecule has 2 saturated carbocycles. The van der Waals surface area contributed by atoms with E-state index < -0.39 is 23.7 Å². The SMILES string of the molecule is CNC(=O)C12CC1C(n1cnc3c(NC)nc(C#Cc4cccc(OC)c4)nc31)C(O)C2O. The van der Waals surface area contributed by atoms with Crippen molar-refractivity contribution in [3.8, 4) is 17.6 Å². The topological polar surface area (TPSA) is 134 Å². The van der Waals surface area contributed by atoms with E-state index in [0.717, 1.165) is 5.56 Å². The lowest BCUT2D eigenvalue weighted by molar-refractivity contribution is -0.132. The van der Waals surface area contributed by atoms with Crippen LogP contribution in [0.5, 0.6) is 5.75 Å². The molecule has 2 aliphatic rings. The second-order valence-electron chi connectivity index (χ2n) is 8.31. The Labute approximate surface area is 190 Å². The Morgan fingerprint density at radius 1 is 1.27 bits per heavy atom. The summed E-state index contributed by atoms with van der Waals surface area (Å²) in [6, 6.07) is 6.82. The molecular formula is C23H24N6O4. The normalized spacial score (nSPS) is 27.4. The Hall–Kier alpha value is -3.68. The summed E-state index contributed by atoms with van der Waals surface area (Å²) in [7, 11) is 4.86. The van der Waals surface area contributed by atoms with Crippen LogP contribution in [0.2, 0.25) is 0 Å². The van der Waals surface area contributed by atoms with Crippen LogP contribution in [0.3, 0.4) is 0 Å². The summed E-state index contributed by atoms with van der Waals surface area (Å²) >= 11 is 0. The first kappa shape index (κ1) is 21.2. The van der Waals surface area contributed by atoms with Gasteiger partial charge in [-0.1, -0.05) is 12.0 Å². The minimum absolute atomic E-state index is 0.223. The molecule has 1 amide bonds. The number of imidazole rings is 1. The summed E-state index contributed by atoms with van der Waals surface area (Å²) < 4.78 is 6.96. The number of methoxy groups -OCH3 is 1. The molecule has 2 heterocycles. The summed E-state index contributed by atoms with van der Waals surface area (Å²) in [5.41, 5.74) is 0.758. The average Bonchev–Trinajstić information content (AvgIpc) is 3.38. The molecule has 1 aromatic carbocycles. The van der Waals surface area contributed by atoms with Gasteiger partial charge < -0.3 is 30.2 Å². The number of ether oxygens (including phenoxy) is 1. The van der Waals surface area contributed by atoms with Crippen LogP contribution in [-0.4, -0.2) is 69.1 Å². The monoisotopic (exact) mass is 448 g/mol. The number of anilines is 1. The van der Waals surface area contributed by atoms with Gasteiger partial charge in [-0.05, 0) is 30.5 Å². The fourth-order valence-electron chi connectivity index (χ4n) is 4.98. The Kier molecular flexibility index (Phi) is 4.96. The van der Waals surface area contributed by atoms with E-state index in [2.05, 4.69) is 37.4 Å². The number of amides is 1. The molecule has 33 heavy (non-hydrogen) atoms. The van der Waals surface area contributed by atoms with E-state index in [1.807, 2.05) is 24.3 Å². The van der Waals surface area contributed by atoms with Gasteiger partial charge in [-0.15, -0.1) is 0 Å². The predicted octanol–water partition coefficient (Wildman–Crippen LogP) is 0.305. The van der Waals surface area contributed by atoms with Gasteiger partial charge in [0, 0.05) is 25.6 Å². The molecule has 5 rings (SSSR count). The second-order valence-corrected chi connectivity index (χ2v) is 8.31. The maximum atomic E-state index is 12.5. The Balaban J connectivity index is 1.56. The van der Waals surface area contributed by atoms with Gasteiger partial charge in [0.05, 0.1) is 31.0 Å². The number of aromatic nitrogens is 4. The van der Waals surface area contributed by atoms with Crippen LogP contribution < -0.4 is 15.4 Å². The lowest BCUT2D eigenvalue weighted by Crippen LogP contribution is -2.41. The predicted molar refractivity (Wildman–Crippen MR) is 120 cm³/mol. The molecular weight excluding hydrogens is 424 g/mol. The number of hydrogen-bond acceptors (Lipinski definition) is 8. The number of carbonyl (C=O) groups excluding carboxylic acids is 1. The van der Waals surface area contributed by atoms with Crippen molar-refractivity contribution in [2.45, 2.75) is 24.7 Å². The molecule has 5 unspecified atom stereocenters. The number of carbonyl (C=O) groups is 1. The van der Waals surface area contributed by atoms with E-state index in [9.17, 15) is 15.0 Å². The summed E-state index contributed by atoms with van der Waals surface area (Å²) in [6.07, 6.45) is -0.236. The molecule has 10 heteroatoms. The molecule has 0 aliphatic heterocycles. The number of hydrogen-bond donors (Lipinski definition) is 4. The van der Waals surface area contributed by atoms with E-state index in [4.69, 9.17) is 4.74 Å². The summed E-state index contributed by atoms with van der Waals surface area (Å²) in [6.45, 7) is 0. The molecule has 4 N–H and O–H groups in total. The van der Waals surface area contributed by atoms with Crippen LogP contribution in [0, 0.1) is 23.2 Å². The number of aliphatic hydroxyl groups excluding tert-OH is 2. The third-order valence-electron chi connectivity index (χ3n) is 6.69. The van der Waals surface area contributed by atoms with E-state index in [1.165, 1.54) is 7.05 Å². The number of aliphatic hydroxyl groups is 2. The van der Waals surface area contributed by atoms with Gasteiger partial charge >= 0.3 is 0 Å². The zero-order valence-corrected chi connectivity index (χ0v) is 18.4. The van der Waals surface area contributed by atoms with Gasteiger partial charge in [0.15, 0.2) is 17.0 Å². The first-order valence-electron chi connectivity index (χ1n) is 10.6. The summed E-state index contributed by atoms with van der Waals surface area (Å²) in [4.78, 5) is 26.0. The number of rotatable bonds is 4. The number of fused-ring (bicyclic) bond motifs is 2. The first-order chi connectivity index (χ1) is 15.9. The maximum Gasteiger partial charge on any atom is 0.229 e. The lowest BCUT2D eigenvalue weighted by atomic mass is 9.98. The van der Waals surface area contributed by atoms with Crippen LogP contribution in [0.25, 0.3) is 11.2 Å². The quantitative estimate of drug-likeness (QED) is 0.419. The van der Waals surface area contributed by atoms with Gasteiger partial charge in [0.2, 0.25) is 11.7 Å². The molecule has 170 valence electrons. The third kappa shape index (κ3) is 3.12. The second kappa shape index (κ2) is 7.72. The summed E-state index contributed by atoms with van der Waals surface area (Å²) in [5.74, 6) is 7.00. The molecule has 5 atom stereocenters. The lowest BCUT2D eigenvalue weighted by Gasteiger charge is -2.23. The van der Waals surface area contributed by atoms with Gasteiger partial charge in [0.25, 0.3) is 0 Å². The van der Waals surface area contributed by atoms with E-state index in [-0.39, 0.29) is 17.6 Å². The van der Waals surface area contributed by atoms with Gasteiger partial charge in [-0.2, -0.15) is 0 Å². The van der Waals surface area contributed by atoms with Crippen molar-refractivity contribution < 1.29 is 19.7 Å². The highest BCUT2D eigenvalue weighted by Gasteiger charge is 2.75. The zero-order valence-electron chi connectivity index (χ0n) is 18.4. The van der Waals surface area contributed by atoms with Crippen LogP contribution >= 0.6 is 0 Å². The highest BCUT2D eigenvalue weighted by Crippen LogP contribution is 2.67. The molecule has 0 radical (unpaired) electrons. The van der Waals surface area contributed by atoms with E-state index >= 15 is 0 Å². The van der Waals surface area contributed by atoms with Crippen molar-refractivity contribution in [1.29, 1.82) is 0 Å². The third-order valence-corrected chi connectivity index (χ3v) is 6.69. The molecule has 2 fully saturated rings. The molecule has 2 aromatic heterocycles. The Bertz CT molecular complexity index is 1310. The highest BCUT2D eigenvalue weighted by molar-refractivity contribution is 5.88. The van der Waals surface area contributed by atoms with Crippen LogP contribution in [-0.2, 0) is 4.79 Å². The zero-order chi connectivity index (χ0) is 23.3. The highest BCUT2D eigenvalue weighted by atomic mass is 16.5. The maximum absolute atomic E-state index is 12.5. The average molecular weight is 448 g/mol. The van der Waals surface area contributed by atoms with Crippen molar-refractivity contribution in [2.75, 3.05) is 26.5 Å². The minimum atomic E-state index is -1.16. The first-order valence-corrected chi connectivity index (χ1v) is 10.6. The fraction of sp³-hybridized carbons (Fsp3) is 0.391. The van der Waals surface area contributed by atoms with E-state index in [1.54, 1.807) is 25.1 Å². The molecule has 2 aliphatic carbocycles. The molecule has 0 spiro atoms. The van der Waals surface area contributed by atoms with Crippen molar-refractivity contribution in [2.24, 2.45) is 11.3 Å². The van der Waals surface area contributed by atoms with Crippen molar-refractivity contribution >= 4 is 22.9 Å². The summed E-state index contributed by atoms with van der Waals surface area (Å²) in [5, 5.41) is 27.1. The molecule has 0 saturated heterocycles. The van der Waals surface area contributed by atoms with Crippen LogP contribution in [0.1, 0.15) is 23.9 Å². The smallest absolute Gasteiger partial charge is 0.229 e. The molecule has 10 nitrogen and oxygen atoms in total. The Morgan fingerprint density at radius 2 is 2.09 bits per heavy atom.